The summed E-state index contributed by atoms with van der Waals surface area (Å²) in [4.78, 5) is 2.44. The lowest BCUT2D eigenvalue weighted by atomic mass is 9.73. The van der Waals surface area contributed by atoms with Crippen molar-refractivity contribution < 1.29 is 23.0 Å². The van der Waals surface area contributed by atoms with Gasteiger partial charge >= 0.3 is 0 Å². The highest BCUT2D eigenvalue weighted by atomic mass is 19.3. The van der Waals surface area contributed by atoms with Gasteiger partial charge in [-0.25, -0.2) is 13.2 Å². The van der Waals surface area contributed by atoms with E-state index in [9.17, 15) is 18.3 Å². The number of methoxy groups -OCH3 is 1. The maximum absolute atomic E-state index is 14.1. The number of nitrogens with one attached hydrogen (secondary N) is 1. The standard InChI is InChI=1S/C27H43F3N2O2/c1-31-19-25(17-21-10-13-26(29,30)14-11-21)32-15-6-8-23(20-32)27(33,12-3-4-16-34-2)22-7-5-9-24(28)18-22/h5,7,9,18,21,23,25,31,33H,3-4,6,8,10-17,19-20H2,1-2H3/t23-,25?,27-/m1/s1. The fourth-order valence-corrected chi connectivity index (χ4v) is 6.03. The summed E-state index contributed by atoms with van der Waals surface area (Å²) in [6, 6.07) is 6.65. The predicted molar refractivity (Wildman–Crippen MR) is 130 cm³/mol. The summed E-state index contributed by atoms with van der Waals surface area (Å²) in [5, 5.41) is 15.3. The van der Waals surface area contributed by atoms with E-state index in [-0.39, 0.29) is 30.6 Å². The van der Waals surface area contributed by atoms with Crippen LogP contribution >= 0.6 is 0 Å². The minimum Gasteiger partial charge on any atom is -0.385 e. The molecular weight excluding hydrogens is 441 g/mol. The highest BCUT2D eigenvalue weighted by molar-refractivity contribution is 5.25. The summed E-state index contributed by atoms with van der Waals surface area (Å²) in [6.07, 6.45) is 6.10. The Morgan fingerprint density at radius 1 is 1.24 bits per heavy atom. The second kappa shape index (κ2) is 12.7. The highest BCUT2D eigenvalue weighted by Crippen LogP contribution is 2.42. The van der Waals surface area contributed by atoms with Gasteiger partial charge in [-0.15, -0.1) is 0 Å². The normalized spacial score (nSPS) is 24.6. The highest BCUT2D eigenvalue weighted by Gasteiger charge is 2.42. The fourth-order valence-electron chi connectivity index (χ4n) is 6.03. The number of rotatable bonds is 12. The summed E-state index contributed by atoms with van der Waals surface area (Å²) < 4.78 is 46.6. The van der Waals surface area contributed by atoms with E-state index >= 15 is 0 Å². The summed E-state index contributed by atoms with van der Waals surface area (Å²) >= 11 is 0. The van der Waals surface area contributed by atoms with Gasteiger partial charge in [0.2, 0.25) is 5.92 Å². The third-order valence-corrected chi connectivity index (χ3v) is 8.01. The number of ether oxygens (including phenoxy) is 1. The zero-order valence-corrected chi connectivity index (χ0v) is 20.9. The molecule has 2 N–H and O–H groups in total. The quantitative estimate of drug-likeness (QED) is 0.393. The molecule has 1 saturated heterocycles. The molecule has 1 heterocycles. The van der Waals surface area contributed by atoms with Crippen LogP contribution in [0.25, 0.3) is 0 Å². The van der Waals surface area contributed by atoms with Crippen molar-refractivity contribution in [2.75, 3.05) is 40.4 Å². The molecule has 7 heteroatoms. The molecule has 0 aromatic heterocycles. The van der Waals surface area contributed by atoms with Crippen LogP contribution < -0.4 is 5.32 Å². The maximum Gasteiger partial charge on any atom is 0.248 e. The van der Waals surface area contributed by atoms with E-state index in [2.05, 4.69) is 10.2 Å². The number of hydrogen-bond donors (Lipinski definition) is 2. The largest absolute Gasteiger partial charge is 0.385 e. The first-order valence-corrected chi connectivity index (χ1v) is 13.0. The second-order valence-electron chi connectivity index (χ2n) is 10.5. The van der Waals surface area contributed by atoms with Crippen LogP contribution in [0.5, 0.6) is 0 Å². The SMILES string of the molecule is CNCC(CC1CCC(F)(F)CC1)N1CCC[C@@H]([C@@](O)(CCCCOC)c2cccc(F)c2)C1. The van der Waals surface area contributed by atoms with Crippen molar-refractivity contribution in [2.45, 2.75) is 81.8 Å². The van der Waals surface area contributed by atoms with Crippen LogP contribution in [0.2, 0.25) is 0 Å². The summed E-state index contributed by atoms with van der Waals surface area (Å²) in [5.41, 5.74) is -0.456. The van der Waals surface area contributed by atoms with Crippen molar-refractivity contribution in [3.8, 4) is 0 Å². The molecule has 4 nitrogen and oxygen atoms in total. The Morgan fingerprint density at radius 3 is 2.68 bits per heavy atom. The topological polar surface area (TPSA) is 44.7 Å². The number of halogens is 3. The Morgan fingerprint density at radius 2 is 2.00 bits per heavy atom. The van der Waals surface area contributed by atoms with E-state index < -0.39 is 11.5 Å². The minimum atomic E-state index is -2.50. The molecule has 34 heavy (non-hydrogen) atoms. The van der Waals surface area contributed by atoms with Crippen LogP contribution in [-0.2, 0) is 10.3 Å². The smallest absolute Gasteiger partial charge is 0.248 e. The average molecular weight is 485 g/mol. The lowest BCUT2D eigenvalue weighted by Crippen LogP contribution is -2.52. The number of unbranched alkanes of at least 4 members (excludes halogenated alkanes) is 1. The average Bonchev–Trinajstić information content (AvgIpc) is 2.83. The molecule has 0 amide bonds. The third-order valence-electron chi connectivity index (χ3n) is 8.01. The minimum absolute atomic E-state index is 0.00659. The number of nitrogens with zero attached hydrogens (tertiary/aromatic N) is 1. The Bertz CT molecular complexity index is 740. The summed E-state index contributed by atoms with van der Waals surface area (Å²) in [6.45, 7) is 3.10. The van der Waals surface area contributed by atoms with Gasteiger partial charge in [0.05, 0.1) is 5.60 Å². The van der Waals surface area contributed by atoms with E-state index in [0.717, 1.165) is 51.7 Å². The lowest BCUT2D eigenvalue weighted by Gasteiger charge is -2.46. The number of aliphatic hydroxyl groups is 1. The van der Waals surface area contributed by atoms with Crippen molar-refractivity contribution in [1.82, 2.24) is 10.2 Å². The van der Waals surface area contributed by atoms with Gasteiger partial charge in [-0.05, 0) is 88.6 Å². The van der Waals surface area contributed by atoms with Crippen LogP contribution in [0.3, 0.4) is 0 Å². The van der Waals surface area contributed by atoms with Gasteiger partial charge < -0.3 is 15.2 Å². The number of piperidine rings is 1. The Balaban J connectivity index is 1.73. The first-order chi connectivity index (χ1) is 16.3. The zero-order chi connectivity index (χ0) is 24.6. The summed E-state index contributed by atoms with van der Waals surface area (Å²) in [7, 11) is 3.61. The predicted octanol–water partition coefficient (Wildman–Crippen LogP) is 5.35. The molecule has 1 aromatic carbocycles. The van der Waals surface area contributed by atoms with E-state index in [1.54, 1.807) is 13.2 Å². The van der Waals surface area contributed by atoms with Gasteiger partial charge in [0, 0.05) is 51.6 Å². The van der Waals surface area contributed by atoms with Gasteiger partial charge in [0.25, 0.3) is 0 Å². The van der Waals surface area contributed by atoms with Crippen molar-refractivity contribution in [2.24, 2.45) is 11.8 Å². The Kier molecular flexibility index (Phi) is 10.3. The van der Waals surface area contributed by atoms with Crippen molar-refractivity contribution in [3.05, 3.63) is 35.6 Å². The van der Waals surface area contributed by atoms with Crippen molar-refractivity contribution in [3.63, 3.8) is 0 Å². The molecule has 0 bridgehead atoms. The molecule has 194 valence electrons. The van der Waals surface area contributed by atoms with Crippen LogP contribution in [0, 0.1) is 17.7 Å². The van der Waals surface area contributed by atoms with Crippen LogP contribution in [-0.4, -0.2) is 62.4 Å². The monoisotopic (exact) mass is 484 g/mol. The molecule has 0 spiro atoms. The van der Waals surface area contributed by atoms with Crippen LogP contribution in [0.1, 0.15) is 69.8 Å². The molecule has 3 rings (SSSR count). The first-order valence-electron chi connectivity index (χ1n) is 13.0. The Labute approximate surface area is 203 Å². The molecule has 3 atom stereocenters. The van der Waals surface area contributed by atoms with Crippen molar-refractivity contribution in [1.29, 1.82) is 0 Å². The van der Waals surface area contributed by atoms with Gasteiger partial charge in [-0.1, -0.05) is 12.1 Å². The Hall–Kier alpha value is -1.15. The van der Waals surface area contributed by atoms with Crippen LogP contribution in [0.15, 0.2) is 24.3 Å². The molecule has 0 radical (unpaired) electrons. The number of alkyl halides is 2. The lowest BCUT2D eigenvalue weighted by molar-refractivity contribution is -0.0723. The summed E-state index contributed by atoms with van der Waals surface area (Å²) in [5.74, 6) is -2.53. The maximum atomic E-state index is 14.1. The third kappa shape index (κ3) is 7.42. The van der Waals surface area contributed by atoms with Crippen LogP contribution in [0.4, 0.5) is 13.2 Å². The molecule has 1 aromatic rings. The number of benzene rings is 1. The van der Waals surface area contributed by atoms with Gasteiger partial charge in [0.1, 0.15) is 5.82 Å². The molecule has 1 aliphatic heterocycles. The number of likely N-dealkylation sites (tertiary alicyclic amines) is 1. The molecular formula is C27H43F3N2O2. The fraction of sp³-hybridized carbons (Fsp3) is 0.778. The number of hydrogen-bond acceptors (Lipinski definition) is 4. The van der Waals surface area contributed by atoms with Gasteiger partial charge in [0.15, 0.2) is 0 Å². The van der Waals surface area contributed by atoms with Gasteiger partial charge in [-0.3, -0.25) is 4.90 Å². The number of likely N-dealkylation sites (N-methyl/N-ethyl adjacent to an activating group) is 1. The van der Waals surface area contributed by atoms with E-state index in [0.29, 0.717) is 37.4 Å². The zero-order valence-electron chi connectivity index (χ0n) is 20.9. The van der Waals surface area contributed by atoms with Gasteiger partial charge in [-0.2, -0.15) is 0 Å². The van der Waals surface area contributed by atoms with E-state index in [1.165, 1.54) is 12.1 Å². The molecule has 1 aliphatic carbocycles. The molecule has 2 aliphatic rings. The van der Waals surface area contributed by atoms with E-state index in [4.69, 9.17) is 4.74 Å². The van der Waals surface area contributed by atoms with E-state index in [1.807, 2.05) is 13.1 Å². The second-order valence-corrected chi connectivity index (χ2v) is 10.5. The molecule has 1 saturated carbocycles. The first kappa shape index (κ1) is 27.4. The van der Waals surface area contributed by atoms with Crippen molar-refractivity contribution >= 4 is 0 Å². The molecule has 2 fully saturated rings. The molecule has 1 unspecified atom stereocenters.